The number of rotatable bonds is 6. The number of benzene rings is 3. The Balaban J connectivity index is 1.67. The number of ether oxygens (including phenoxy) is 1. The van der Waals surface area contributed by atoms with Gasteiger partial charge in [-0.05, 0) is 36.6 Å². The molecule has 170 valence electrons. The second kappa shape index (κ2) is 9.85. The van der Waals surface area contributed by atoms with Crippen LogP contribution in [-0.2, 0) is 16.0 Å². The predicted octanol–water partition coefficient (Wildman–Crippen LogP) is 5.59. The fourth-order valence-electron chi connectivity index (χ4n) is 4.18. The van der Waals surface area contributed by atoms with E-state index in [1.54, 1.807) is 13.0 Å². The highest BCUT2D eigenvalue weighted by atomic mass is 79.9. The molecule has 1 aliphatic rings. The maximum Gasteiger partial charge on any atom is 0.417 e. The van der Waals surface area contributed by atoms with Gasteiger partial charge in [0, 0.05) is 10.0 Å². The molecule has 1 N–H and O–H groups in total. The lowest BCUT2D eigenvalue weighted by Gasteiger charge is -2.28. The molecule has 1 heterocycles. The molecule has 3 aromatic carbocycles. The van der Waals surface area contributed by atoms with Crippen molar-refractivity contribution in [2.75, 3.05) is 0 Å². The van der Waals surface area contributed by atoms with Crippen molar-refractivity contribution < 1.29 is 23.8 Å². The van der Waals surface area contributed by atoms with Gasteiger partial charge in [0.05, 0.1) is 18.1 Å². The molecule has 0 bridgehead atoms. The van der Waals surface area contributed by atoms with Gasteiger partial charge in [-0.2, -0.15) is 0 Å². The fourth-order valence-corrected chi connectivity index (χ4v) is 4.52. The van der Waals surface area contributed by atoms with Gasteiger partial charge in [0.2, 0.25) is 5.91 Å². The maximum atomic E-state index is 14.7. The van der Waals surface area contributed by atoms with E-state index in [1.165, 1.54) is 12.1 Å². The first-order valence-corrected chi connectivity index (χ1v) is 11.4. The van der Waals surface area contributed by atoms with Crippen LogP contribution >= 0.6 is 15.9 Å². The van der Waals surface area contributed by atoms with Crippen molar-refractivity contribution >= 4 is 27.9 Å². The molecule has 33 heavy (non-hydrogen) atoms. The third kappa shape index (κ3) is 4.84. The summed E-state index contributed by atoms with van der Waals surface area (Å²) in [4.78, 5) is 27.5. The van der Waals surface area contributed by atoms with Crippen LogP contribution in [-0.4, -0.2) is 28.0 Å². The third-order valence-electron chi connectivity index (χ3n) is 5.91. The van der Waals surface area contributed by atoms with E-state index in [9.17, 15) is 19.1 Å². The van der Waals surface area contributed by atoms with Gasteiger partial charge in [0.1, 0.15) is 11.9 Å². The number of carbonyl (C=O) groups excluding carboxylic acids is 2. The number of hydrogen-bond acceptors (Lipinski definition) is 4. The number of aliphatic hydroxyl groups excluding tert-OH is 1. The van der Waals surface area contributed by atoms with Crippen molar-refractivity contribution in [3.05, 3.63) is 106 Å². The minimum absolute atomic E-state index is 0.00712. The molecule has 0 spiro atoms. The average Bonchev–Trinajstić information content (AvgIpc) is 3.11. The summed E-state index contributed by atoms with van der Waals surface area (Å²) in [7, 11) is 0. The number of nitrogens with zero attached hydrogens (tertiary/aromatic N) is 1. The Labute approximate surface area is 199 Å². The van der Waals surface area contributed by atoms with E-state index in [-0.39, 0.29) is 12.0 Å². The van der Waals surface area contributed by atoms with Gasteiger partial charge in [-0.3, -0.25) is 4.79 Å². The van der Waals surface area contributed by atoms with Crippen LogP contribution in [0.1, 0.15) is 35.8 Å². The lowest BCUT2D eigenvalue weighted by Crippen LogP contribution is -2.44. The van der Waals surface area contributed by atoms with Crippen molar-refractivity contribution in [2.45, 2.75) is 31.6 Å². The SMILES string of the molecule is CC1C(c2ccccc2)OC(=O)N1C(=O)C(Cc1ccccc1)C(O)c1ccc(Br)cc1F. The standard InChI is InChI=1S/C26H23BrFNO4/c1-16-24(18-10-6-3-7-11-18)33-26(32)29(16)25(31)21(14-17-8-4-2-5-9-17)23(30)20-13-12-19(27)15-22(20)28/h2-13,15-16,21,23-24,30H,14H2,1H3. The smallest absolute Gasteiger partial charge is 0.417 e. The number of halogens is 2. The van der Waals surface area contributed by atoms with Gasteiger partial charge >= 0.3 is 6.09 Å². The monoisotopic (exact) mass is 511 g/mol. The largest absolute Gasteiger partial charge is 0.439 e. The molecule has 3 aromatic rings. The molecule has 2 amide bonds. The Morgan fingerprint density at radius 3 is 2.36 bits per heavy atom. The summed E-state index contributed by atoms with van der Waals surface area (Å²) < 4.78 is 20.7. The molecule has 0 radical (unpaired) electrons. The lowest BCUT2D eigenvalue weighted by molar-refractivity contribution is -0.137. The summed E-state index contributed by atoms with van der Waals surface area (Å²) in [5.41, 5.74) is 1.55. The third-order valence-corrected chi connectivity index (χ3v) is 6.41. The van der Waals surface area contributed by atoms with E-state index < -0.39 is 42.0 Å². The summed E-state index contributed by atoms with van der Waals surface area (Å²) in [5, 5.41) is 11.1. The van der Waals surface area contributed by atoms with Crippen molar-refractivity contribution in [1.29, 1.82) is 0 Å². The first-order chi connectivity index (χ1) is 15.9. The van der Waals surface area contributed by atoms with Crippen LogP contribution in [0.2, 0.25) is 0 Å². The average molecular weight is 512 g/mol. The summed E-state index contributed by atoms with van der Waals surface area (Å²) in [6, 6.07) is 22.0. The number of aliphatic hydroxyl groups is 1. The molecular formula is C26H23BrFNO4. The molecule has 0 saturated carbocycles. The van der Waals surface area contributed by atoms with Gasteiger partial charge in [0.15, 0.2) is 0 Å². The Kier molecular flexibility index (Phi) is 6.91. The van der Waals surface area contributed by atoms with Crippen LogP contribution in [0.25, 0.3) is 0 Å². The zero-order valence-electron chi connectivity index (χ0n) is 17.9. The molecule has 5 nitrogen and oxygen atoms in total. The number of carbonyl (C=O) groups is 2. The number of hydrogen-bond donors (Lipinski definition) is 1. The normalized spacial score (nSPS) is 19.8. The molecule has 1 saturated heterocycles. The molecule has 4 atom stereocenters. The summed E-state index contributed by atoms with van der Waals surface area (Å²) >= 11 is 3.21. The second-order valence-electron chi connectivity index (χ2n) is 8.07. The van der Waals surface area contributed by atoms with E-state index in [1.807, 2.05) is 60.7 Å². The topological polar surface area (TPSA) is 66.8 Å². The van der Waals surface area contributed by atoms with Crippen LogP contribution in [0.4, 0.5) is 9.18 Å². The minimum Gasteiger partial charge on any atom is -0.439 e. The number of imide groups is 1. The number of cyclic esters (lactones) is 1. The Morgan fingerprint density at radius 2 is 1.73 bits per heavy atom. The van der Waals surface area contributed by atoms with Crippen molar-refractivity contribution in [3.63, 3.8) is 0 Å². The zero-order valence-corrected chi connectivity index (χ0v) is 19.5. The van der Waals surface area contributed by atoms with E-state index in [2.05, 4.69) is 15.9 Å². The van der Waals surface area contributed by atoms with Crippen LogP contribution in [0, 0.1) is 11.7 Å². The summed E-state index contributed by atoms with van der Waals surface area (Å²) in [6.07, 6.45) is -2.73. The molecule has 1 fully saturated rings. The van der Waals surface area contributed by atoms with Crippen molar-refractivity contribution in [3.8, 4) is 0 Å². The Hall–Kier alpha value is -3.03. The van der Waals surface area contributed by atoms with Crippen LogP contribution in [0.3, 0.4) is 0 Å². The van der Waals surface area contributed by atoms with Gasteiger partial charge in [-0.15, -0.1) is 0 Å². The van der Waals surface area contributed by atoms with Gasteiger partial charge in [-0.1, -0.05) is 82.7 Å². The van der Waals surface area contributed by atoms with E-state index in [4.69, 9.17) is 4.74 Å². The Bertz CT molecular complexity index is 1140. The molecule has 4 unspecified atom stereocenters. The lowest BCUT2D eigenvalue weighted by atomic mass is 9.88. The maximum absolute atomic E-state index is 14.7. The first-order valence-electron chi connectivity index (χ1n) is 10.6. The molecule has 1 aliphatic heterocycles. The first kappa shape index (κ1) is 23.1. The highest BCUT2D eigenvalue weighted by Crippen LogP contribution is 2.36. The molecule has 0 aromatic heterocycles. The van der Waals surface area contributed by atoms with Gasteiger partial charge in [0.25, 0.3) is 0 Å². The van der Waals surface area contributed by atoms with E-state index in [0.29, 0.717) is 4.47 Å². The molecule has 4 rings (SSSR count). The molecule has 7 heteroatoms. The quantitative estimate of drug-likeness (QED) is 0.468. The van der Waals surface area contributed by atoms with Gasteiger partial charge < -0.3 is 9.84 Å². The second-order valence-corrected chi connectivity index (χ2v) is 8.99. The minimum atomic E-state index is -1.46. The van der Waals surface area contributed by atoms with Gasteiger partial charge in [-0.25, -0.2) is 14.1 Å². The van der Waals surface area contributed by atoms with E-state index in [0.717, 1.165) is 16.0 Å². The van der Waals surface area contributed by atoms with Crippen LogP contribution in [0.15, 0.2) is 83.3 Å². The number of amides is 2. The molecular weight excluding hydrogens is 489 g/mol. The summed E-state index contributed by atoms with van der Waals surface area (Å²) in [6.45, 7) is 1.73. The van der Waals surface area contributed by atoms with E-state index >= 15 is 0 Å². The van der Waals surface area contributed by atoms with Crippen LogP contribution < -0.4 is 0 Å². The summed E-state index contributed by atoms with van der Waals surface area (Å²) in [5.74, 6) is -2.33. The van der Waals surface area contributed by atoms with Crippen molar-refractivity contribution in [1.82, 2.24) is 4.90 Å². The predicted molar refractivity (Wildman–Crippen MR) is 125 cm³/mol. The van der Waals surface area contributed by atoms with Crippen LogP contribution in [0.5, 0.6) is 0 Å². The van der Waals surface area contributed by atoms with Crippen molar-refractivity contribution in [2.24, 2.45) is 5.92 Å². The Morgan fingerprint density at radius 1 is 1.09 bits per heavy atom. The fraction of sp³-hybridized carbons (Fsp3) is 0.231. The highest BCUT2D eigenvalue weighted by Gasteiger charge is 2.46. The molecule has 0 aliphatic carbocycles. The highest BCUT2D eigenvalue weighted by molar-refractivity contribution is 9.10. The zero-order chi connectivity index (χ0) is 23.5.